The van der Waals surface area contributed by atoms with Gasteiger partial charge in [0.15, 0.2) is 0 Å². The van der Waals surface area contributed by atoms with E-state index in [0.29, 0.717) is 6.61 Å². The summed E-state index contributed by atoms with van der Waals surface area (Å²) in [5.41, 5.74) is 1.11. The molecule has 88 valence electrons. The van der Waals surface area contributed by atoms with Gasteiger partial charge >= 0.3 is 0 Å². The second kappa shape index (κ2) is 4.85. The number of benzene rings is 1. The van der Waals surface area contributed by atoms with Gasteiger partial charge in [0.1, 0.15) is 5.75 Å². The highest BCUT2D eigenvalue weighted by Crippen LogP contribution is 2.31. The van der Waals surface area contributed by atoms with Gasteiger partial charge in [0.2, 0.25) is 0 Å². The van der Waals surface area contributed by atoms with Crippen molar-refractivity contribution in [1.82, 2.24) is 5.32 Å². The first-order chi connectivity index (χ1) is 7.80. The maximum atomic E-state index is 9.57. The fourth-order valence-electron chi connectivity index (χ4n) is 2.29. The van der Waals surface area contributed by atoms with Crippen LogP contribution < -0.4 is 10.1 Å². The lowest BCUT2D eigenvalue weighted by molar-refractivity contribution is 0.205. The molecule has 2 N–H and O–H groups in total. The van der Waals surface area contributed by atoms with E-state index >= 15 is 0 Å². The molecule has 0 radical (unpaired) electrons. The summed E-state index contributed by atoms with van der Waals surface area (Å²) in [5.74, 6) is 0.894. The zero-order chi connectivity index (χ0) is 11.4. The van der Waals surface area contributed by atoms with Gasteiger partial charge in [-0.3, -0.25) is 0 Å². The third-order valence-corrected chi connectivity index (χ3v) is 3.32. The van der Waals surface area contributed by atoms with Crippen LogP contribution in [0, 0.1) is 0 Å². The normalized spacial score (nSPS) is 24.6. The number of rotatable bonds is 4. The minimum absolute atomic E-state index is 0.0925. The number of hydrogen-bond acceptors (Lipinski definition) is 3. The number of aliphatic hydroxyl groups excluding tert-OH is 1. The average Bonchev–Trinajstić information content (AvgIpc) is 2.80. The molecule has 1 aliphatic rings. The number of hydrogen-bond donors (Lipinski definition) is 2. The molecule has 16 heavy (non-hydrogen) atoms. The molecule has 0 saturated carbocycles. The van der Waals surface area contributed by atoms with Gasteiger partial charge in [-0.15, -0.1) is 0 Å². The lowest BCUT2D eigenvalue weighted by Gasteiger charge is -2.26. The molecule has 0 spiro atoms. The van der Waals surface area contributed by atoms with Crippen molar-refractivity contribution < 1.29 is 9.84 Å². The molecule has 1 aromatic carbocycles. The van der Waals surface area contributed by atoms with Crippen molar-refractivity contribution in [3.63, 3.8) is 0 Å². The van der Waals surface area contributed by atoms with E-state index in [-0.39, 0.29) is 12.0 Å². The zero-order valence-electron chi connectivity index (χ0n) is 9.70. The summed E-state index contributed by atoms with van der Waals surface area (Å²) in [6.07, 6.45) is 0.998. The maximum Gasteiger partial charge on any atom is 0.119 e. The summed E-state index contributed by atoms with van der Waals surface area (Å²) < 4.78 is 5.41. The quantitative estimate of drug-likeness (QED) is 0.805. The van der Waals surface area contributed by atoms with Crippen molar-refractivity contribution in [2.75, 3.05) is 26.3 Å². The van der Waals surface area contributed by atoms with Gasteiger partial charge in [-0.25, -0.2) is 0 Å². The van der Waals surface area contributed by atoms with Gasteiger partial charge in [0.05, 0.1) is 13.2 Å². The molecular weight excluding hydrogens is 202 g/mol. The standard InChI is InChI=1S/C13H19NO2/c1-2-16-12-5-3-11(4-6-12)13(10-15)7-8-14-9-13/h3-6,14-15H,2,7-10H2,1H3. The SMILES string of the molecule is CCOc1ccc(C2(CO)CCNC2)cc1. The molecule has 0 aliphatic carbocycles. The molecular formula is C13H19NO2. The van der Waals surface area contributed by atoms with Crippen LogP contribution in [-0.4, -0.2) is 31.4 Å². The molecule has 3 nitrogen and oxygen atoms in total. The number of ether oxygens (including phenoxy) is 1. The number of aliphatic hydroxyl groups is 1. The Kier molecular flexibility index (Phi) is 3.46. The van der Waals surface area contributed by atoms with Crippen molar-refractivity contribution in [1.29, 1.82) is 0 Å². The van der Waals surface area contributed by atoms with Gasteiger partial charge < -0.3 is 15.2 Å². The first-order valence-corrected chi connectivity index (χ1v) is 5.86. The van der Waals surface area contributed by atoms with Crippen LogP contribution in [0.2, 0.25) is 0 Å². The second-order valence-electron chi connectivity index (χ2n) is 4.32. The summed E-state index contributed by atoms with van der Waals surface area (Å²) in [7, 11) is 0. The Labute approximate surface area is 96.4 Å². The molecule has 1 saturated heterocycles. The van der Waals surface area contributed by atoms with Gasteiger partial charge in [-0.05, 0) is 37.6 Å². The zero-order valence-corrected chi connectivity index (χ0v) is 9.70. The van der Waals surface area contributed by atoms with Crippen LogP contribution >= 0.6 is 0 Å². The smallest absolute Gasteiger partial charge is 0.119 e. The van der Waals surface area contributed by atoms with E-state index in [1.807, 2.05) is 19.1 Å². The van der Waals surface area contributed by atoms with E-state index in [2.05, 4.69) is 17.4 Å². The van der Waals surface area contributed by atoms with Gasteiger partial charge in [-0.1, -0.05) is 12.1 Å². The molecule has 0 amide bonds. The molecule has 1 unspecified atom stereocenters. The fraction of sp³-hybridized carbons (Fsp3) is 0.538. The van der Waals surface area contributed by atoms with Crippen LogP contribution in [0.3, 0.4) is 0 Å². The molecule has 1 atom stereocenters. The largest absolute Gasteiger partial charge is 0.494 e. The van der Waals surface area contributed by atoms with Crippen molar-refractivity contribution in [2.45, 2.75) is 18.8 Å². The van der Waals surface area contributed by atoms with E-state index in [1.54, 1.807) is 0 Å². The highest BCUT2D eigenvalue weighted by Gasteiger charge is 2.34. The third-order valence-electron chi connectivity index (χ3n) is 3.32. The Hall–Kier alpha value is -1.06. The second-order valence-corrected chi connectivity index (χ2v) is 4.32. The number of nitrogens with one attached hydrogen (secondary N) is 1. The van der Waals surface area contributed by atoms with Crippen LogP contribution in [0.1, 0.15) is 18.9 Å². The first-order valence-electron chi connectivity index (χ1n) is 5.86. The van der Waals surface area contributed by atoms with Crippen molar-refractivity contribution >= 4 is 0 Å². The van der Waals surface area contributed by atoms with Crippen LogP contribution in [0.25, 0.3) is 0 Å². The minimum Gasteiger partial charge on any atom is -0.494 e. The molecule has 1 heterocycles. The average molecular weight is 221 g/mol. The van der Waals surface area contributed by atoms with Crippen molar-refractivity contribution in [3.8, 4) is 5.75 Å². The molecule has 2 rings (SSSR count). The summed E-state index contributed by atoms with van der Waals surface area (Å²) in [6.45, 7) is 4.70. The van der Waals surface area contributed by atoms with Crippen LogP contribution in [0.15, 0.2) is 24.3 Å². The Morgan fingerprint density at radius 1 is 1.38 bits per heavy atom. The summed E-state index contributed by atoms with van der Waals surface area (Å²) in [5, 5.41) is 12.9. The van der Waals surface area contributed by atoms with Crippen LogP contribution in [0.4, 0.5) is 0 Å². The molecule has 0 aromatic heterocycles. The Balaban J connectivity index is 2.19. The maximum absolute atomic E-state index is 9.57. The molecule has 1 aromatic rings. The third kappa shape index (κ3) is 2.06. The summed E-state index contributed by atoms with van der Waals surface area (Å²) in [6, 6.07) is 8.09. The van der Waals surface area contributed by atoms with Crippen LogP contribution in [-0.2, 0) is 5.41 Å². The van der Waals surface area contributed by atoms with E-state index < -0.39 is 0 Å². The highest BCUT2D eigenvalue weighted by molar-refractivity contribution is 5.33. The molecule has 0 bridgehead atoms. The lowest BCUT2D eigenvalue weighted by Crippen LogP contribution is -2.32. The highest BCUT2D eigenvalue weighted by atomic mass is 16.5. The van der Waals surface area contributed by atoms with Gasteiger partial charge in [0, 0.05) is 12.0 Å². The fourth-order valence-corrected chi connectivity index (χ4v) is 2.29. The Morgan fingerprint density at radius 3 is 2.62 bits per heavy atom. The van der Waals surface area contributed by atoms with E-state index in [9.17, 15) is 5.11 Å². The topological polar surface area (TPSA) is 41.5 Å². The Bertz CT molecular complexity index is 328. The summed E-state index contributed by atoms with van der Waals surface area (Å²) in [4.78, 5) is 0. The monoisotopic (exact) mass is 221 g/mol. The van der Waals surface area contributed by atoms with Crippen molar-refractivity contribution in [2.24, 2.45) is 0 Å². The minimum atomic E-state index is -0.0925. The Morgan fingerprint density at radius 2 is 2.12 bits per heavy atom. The van der Waals surface area contributed by atoms with Gasteiger partial charge in [-0.2, -0.15) is 0 Å². The predicted molar refractivity (Wildman–Crippen MR) is 63.9 cm³/mol. The molecule has 3 heteroatoms. The first kappa shape index (κ1) is 11.4. The van der Waals surface area contributed by atoms with Crippen LogP contribution in [0.5, 0.6) is 5.75 Å². The lowest BCUT2D eigenvalue weighted by atomic mass is 9.80. The molecule has 1 aliphatic heterocycles. The summed E-state index contributed by atoms with van der Waals surface area (Å²) >= 11 is 0. The molecule has 1 fully saturated rings. The van der Waals surface area contributed by atoms with Gasteiger partial charge in [0.25, 0.3) is 0 Å². The van der Waals surface area contributed by atoms with E-state index in [4.69, 9.17) is 4.74 Å². The van der Waals surface area contributed by atoms with E-state index in [1.165, 1.54) is 5.56 Å². The van der Waals surface area contributed by atoms with E-state index in [0.717, 1.165) is 25.3 Å². The van der Waals surface area contributed by atoms with Crippen molar-refractivity contribution in [3.05, 3.63) is 29.8 Å². The predicted octanol–water partition coefficient (Wildman–Crippen LogP) is 1.31.